The molecule has 1 aliphatic carbocycles. The minimum absolute atomic E-state index is 0.0285. The maximum Gasteiger partial charge on any atom is 0.412 e. The number of esters is 1. The largest absolute Gasteiger partial charge is 0.479 e. The van der Waals surface area contributed by atoms with Crippen LogP contribution in [0.15, 0.2) is 18.3 Å². The highest BCUT2D eigenvalue weighted by Crippen LogP contribution is 2.43. The fourth-order valence-electron chi connectivity index (χ4n) is 4.93. The summed E-state index contributed by atoms with van der Waals surface area (Å²) < 4.78 is 8.82. The number of hydrogen-bond donors (Lipinski definition) is 5. The normalized spacial score (nSPS) is 18.8. The van der Waals surface area contributed by atoms with Gasteiger partial charge in [-0.25, -0.2) is 9.59 Å². The number of aromatic nitrogens is 1. The summed E-state index contributed by atoms with van der Waals surface area (Å²) in [6.45, 7) is 0.373. The predicted octanol–water partition coefficient (Wildman–Crippen LogP) is 0.637. The molecule has 0 bridgehead atoms. The highest BCUT2D eigenvalue weighted by molar-refractivity contribution is 6.03. The van der Waals surface area contributed by atoms with E-state index in [9.17, 15) is 29.1 Å². The number of alkyl carbamates (subject to hydrolysis) is 1. The lowest BCUT2D eigenvalue weighted by Crippen LogP contribution is -2.59. The smallest absolute Gasteiger partial charge is 0.412 e. The van der Waals surface area contributed by atoms with Gasteiger partial charge in [-0.1, -0.05) is 19.3 Å². The monoisotopic (exact) mass is 548 g/mol. The third-order valence-electron chi connectivity index (χ3n) is 6.86. The van der Waals surface area contributed by atoms with Crippen molar-refractivity contribution in [1.29, 1.82) is 5.41 Å². The van der Waals surface area contributed by atoms with Crippen molar-refractivity contribution in [2.45, 2.75) is 50.5 Å². The van der Waals surface area contributed by atoms with Gasteiger partial charge in [0.05, 0.1) is 32.9 Å². The molecule has 1 aromatic rings. The third-order valence-corrected chi connectivity index (χ3v) is 6.86. The maximum absolute atomic E-state index is 12.5. The topological polar surface area (TPSA) is 214 Å². The highest BCUT2D eigenvalue weighted by atomic mass is 16.5. The molecule has 0 aromatic carbocycles. The quantitative estimate of drug-likeness (QED) is 0.173. The number of nitrogens with two attached hydrogens (primary N) is 1. The molecule has 6 N–H and O–H groups in total. The lowest BCUT2D eigenvalue weighted by Gasteiger charge is -2.42. The van der Waals surface area contributed by atoms with Gasteiger partial charge in [0.25, 0.3) is 0 Å². The number of hydrogen-bond acceptors (Lipinski definition) is 10. The molecule has 1 atom stereocenters. The molecule has 2 fully saturated rings. The standard InChI is InChI=1S/C16H26N2O5.C9H10N4O3/c1-23-14(20)11-17-10-13(19)18-9-5-8-16(18,15(21)22)12-6-3-2-4-7-12;1-16-9(15)13-7(10)6-3-2-5(4-12-6)8(11)14/h12,17H,2-11H2,1H3,(H,21,22);2-4H,1H3,(H2,11,14)(H2,10,13,15)/t16-;/m1./s1. The molecule has 39 heavy (non-hydrogen) atoms. The summed E-state index contributed by atoms with van der Waals surface area (Å²) >= 11 is 0. The van der Waals surface area contributed by atoms with Crippen molar-refractivity contribution in [3.8, 4) is 0 Å². The van der Waals surface area contributed by atoms with Gasteiger partial charge in [0.1, 0.15) is 11.2 Å². The lowest BCUT2D eigenvalue weighted by molar-refractivity contribution is -0.161. The number of amides is 3. The summed E-state index contributed by atoms with van der Waals surface area (Å²) in [6, 6.07) is 2.82. The van der Waals surface area contributed by atoms with Crippen LogP contribution in [-0.4, -0.2) is 90.1 Å². The van der Waals surface area contributed by atoms with Crippen molar-refractivity contribution in [2.24, 2.45) is 11.7 Å². The van der Waals surface area contributed by atoms with Crippen LogP contribution in [0.4, 0.5) is 4.79 Å². The fourth-order valence-corrected chi connectivity index (χ4v) is 4.93. The van der Waals surface area contributed by atoms with Gasteiger partial charge < -0.3 is 25.2 Å². The fraction of sp³-hybridized carbons (Fsp3) is 0.560. The van der Waals surface area contributed by atoms with Crippen LogP contribution in [-0.2, 0) is 23.9 Å². The van der Waals surface area contributed by atoms with E-state index in [0.29, 0.717) is 19.4 Å². The molecule has 2 heterocycles. The van der Waals surface area contributed by atoms with Crippen LogP contribution in [0.2, 0.25) is 0 Å². The summed E-state index contributed by atoms with van der Waals surface area (Å²) in [7, 11) is 2.47. The number of pyridine rings is 1. The molecule has 0 unspecified atom stereocenters. The Morgan fingerprint density at radius 3 is 2.33 bits per heavy atom. The molecule has 3 amide bonds. The molecular weight excluding hydrogens is 512 g/mol. The van der Waals surface area contributed by atoms with Crippen molar-refractivity contribution < 1.29 is 38.6 Å². The van der Waals surface area contributed by atoms with Crippen LogP contribution in [0, 0.1) is 11.3 Å². The molecule has 214 valence electrons. The second-order valence-corrected chi connectivity index (χ2v) is 9.18. The molecule has 1 aromatic heterocycles. The molecule has 14 nitrogen and oxygen atoms in total. The number of primary amides is 1. The van der Waals surface area contributed by atoms with E-state index in [1.807, 2.05) is 0 Å². The summed E-state index contributed by atoms with van der Waals surface area (Å²) in [5.41, 5.74) is 4.39. The third kappa shape index (κ3) is 8.21. The first kappa shape index (κ1) is 31.1. The first-order chi connectivity index (χ1) is 18.6. The molecule has 2 aliphatic rings. The highest BCUT2D eigenvalue weighted by Gasteiger charge is 2.54. The summed E-state index contributed by atoms with van der Waals surface area (Å²) in [4.78, 5) is 62.6. The Morgan fingerprint density at radius 1 is 1.10 bits per heavy atom. The first-order valence-electron chi connectivity index (χ1n) is 12.6. The number of carbonyl (C=O) groups is 5. The number of methoxy groups -OCH3 is 2. The molecule has 1 saturated heterocycles. The van der Waals surface area contributed by atoms with E-state index in [0.717, 1.165) is 32.1 Å². The number of rotatable bonds is 8. The van der Waals surface area contributed by atoms with Crippen LogP contribution in [0.25, 0.3) is 0 Å². The molecule has 3 rings (SSSR count). The molecular formula is C25H36N6O8. The van der Waals surface area contributed by atoms with Crippen LogP contribution in [0.5, 0.6) is 0 Å². The van der Waals surface area contributed by atoms with Gasteiger partial charge in [-0.15, -0.1) is 0 Å². The number of carboxylic acids is 1. The number of aliphatic carboxylic acids is 1. The van der Waals surface area contributed by atoms with Crippen LogP contribution in [0.3, 0.4) is 0 Å². The predicted molar refractivity (Wildman–Crippen MR) is 138 cm³/mol. The average Bonchev–Trinajstić information content (AvgIpc) is 3.40. The van der Waals surface area contributed by atoms with E-state index in [-0.39, 0.29) is 42.0 Å². The summed E-state index contributed by atoms with van der Waals surface area (Å²) in [6.07, 6.45) is 6.64. The van der Waals surface area contributed by atoms with Crippen LogP contribution in [0.1, 0.15) is 61.0 Å². The zero-order valence-corrected chi connectivity index (χ0v) is 22.2. The number of amidine groups is 1. The first-order valence-corrected chi connectivity index (χ1v) is 12.6. The number of nitrogens with zero attached hydrogens (tertiary/aromatic N) is 2. The van der Waals surface area contributed by atoms with Crippen molar-refractivity contribution in [2.75, 3.05) is 33.9 Å². The second-order valence-electron chi connectivity index (χ2n) is 9.18. The van der Waals surface area contributed by atoms with Gasteiger partial charge in [-0.3, -0.25) is 35.4 Å². The Balaban J connectivity index is 0.000000293. The lowest BCUT2D eigenvalue weighted by atomic mass is 9.73. The Labute approximate surface area is 226 Å². The van der Waals surface area contributed by atoms with Gasteiger partial charge in [-0.05, 0) is 43.7 Å². The summed E-state index contributed by atoms with van der Waals surface area (Å²) in [5, 5.41) is 22.2. The Morgan fingerprint density at radius 2 is 1.79 bits per heavy atom. The van der Waals surface area contributed by atoms with Gasteiger partial charge in [0.15, 0.2) is 5.84 Å². The maximum atomic E-state index is 12.5. The van der Waals surface area contributed by atoms with E-state index >= 15 is 0 Å². The van der Waals surface area contributed by atoms with Gasteiger partial charge in [0, 0.05) is 12.7 Å². The number of carboxylic acid groups (broad SMARTS) is 1. The van der Waals surface area contributed by atoms with Crippen LogP contribution < -0.4 is 16.4 Å². The van der Waals surface area contributed by atoms with Gasteiger partial charge in [-0.2, -0.15) is 0 Å². The van der Waals surface area contributed by atoms with Crippen molar-refractivity contribution in [3.05, 3.63) is 29.6 Å². The Bertz CT molecular complexity index is 1060. The van der Waals surface area contributed by atoms with E-state index in [1.165, 1.54) is 37.4 Å². The van der Waals surface area contributed by atoms with Crippen molar-refractivity contribution >= 4 is 35.7 Å². The van der Waals surface area contributed by atoms with E-state index < -0.39 is 29.5 Å². The molecule has 1 aliphatic heterocycles. The van der Waals surface area contributed by atoms with Crippen molar-refractivity contribution in [1.82, 2.24) is 20.5 Å². The Hall–Kier alpha value is -4.07. The van der Waals surface area contributed by atoms with E-state index in [4.69, 9.17) is 11.1 Å². The Kier molecular flexibility index (Phi) is 11.8. The zero-order chi connectivity index (χ0) is 29.0. The number of carbonyl (C=O) groups excluding carboxylic acids is 4. The minimum atomic E-state index is -1.07. The van der Waals surface area contributed by atoms with Gasteiger partial charge in [0.2, 0.25) is 11.8 Å². The number of likely N-dealkylation sites (tertiary alicyclic amines) is 1. The second kappa shape index (κ2) is 14.8. The molecule has 1 saturated carbocycles. The number of ether oxygens (including phenoxy) is 2. The van der Waals surface area contributed by atoms with Crippen LogP contribution >= 0.6 is 0 Å². The van der Waals surface area contributed by atoms with E-state index in [2.05, 4.69) is 25.1 Å². The number of nitrogens with one attached hydrogen (secondary N) is 3. The minimum Gasteiger partial charge on any atom is -0.479 e. The molecule has 0 spiro atoms. The van der Waals surface area contributed by atoms with Crippen molar-refractivity contribution in [3.63, 3.8) is 0 Å². The molecule has 14 heteroatoms. The van der Waals surface area contributed by atoms with Gasteiger partial charge >= 0.3 is 18.0 Å². The SMILES string of the molecule is COC(=O)CNCC(=O)N1CCC[C@]1(C(=O)O)C1CCCCC1.COC(=O)NC(=N)c1ccc(C(N)=O)cn1. The average molecular weight is 549 g/mol. The zero-order valence-electron chi connectivity index (χ0n) is 22.2. The summed E-state index contributed by atoms with van der Waals surface area (Å²) in [5.74, 6) is -2.38. The molecule has 0 radical (unpaired) electrons. The van der Waals surface area contributed by atoms with E-state index in [1.54, 1.807) is 0 Å².